The van der Waals surface area contributed by atoms with E-state index in [0.717, 1.165) is 32.5 Å². The van der Waals surface area contributed by atoms with Crippen molar-refractivity contribution in [3.63, 3.8) is 0 Å². The average molecular weight is 547 g/mol. The van der Waals surface area contributed by atoms with Crippen LogP contribution >= 0.6 is 51.2 Å². The maximum absolute atomic E-state index is 5.90. The minimum absolute atomic E-state index is 0. The van der Waals surface area contributed by atoms with Crippen LogP contribution in [0.2, 0.25) is 0 Å². The second-order valence-electron chi connectivity index (χ2n) is 5.42. The molecule has 0 atom stereocenters. The Morgan fingerprint density at radius 1 is 1.15 bits per heavy atom. The van der Waals surface area contributed by atoms with Gasteiger partial charge in [-0.15, -0.1) is 35.3 Å². The lowest BCUT2D eigenvalue weighted by atomic mass is 10.2. The molecule has 5 nitrogen and oxygen atoms in total. The van der Waals surface area contributed by atoms with Gasteiger partial charge in [0, 0.05) is 28.2 Å². The normalized spacial score (nSPS) is 11.1. The minimum Gasteiger partial charge on any atom is -0.459 e. The van der Waals surface area contributed by atoms with E-state index < -0.39 is 0 Å². The molecule has 0 bridgehead atoms. The van der Waals surface area contributed by atoms with Crippen LogP contribution in [0.25, 0.3) is 11.3 Å². The highest BCUT2D eigenvalue weighted by Crippen LogP contribution is 2.23. The molecule has 2 N–H and O–H groups in total. The first-order valence-electron chi connectivity index (χ1n) is 7.84. The SMILES string of the molecule is CN=C(NCc1ccc(-c2ccc(Br)cc2)o1)NCc1ncc(C)s1.I. The second kappa shape index (κ2) is 10.1. The number of aryl methyl sites for hydroxylation is 1. The molecule has 26 heavy (non-hydrogen) atoms. The molecule has 0 radical (unpaired) electrons. The molecule has 0 unspecified atom stereocenters. The van der Waals surface area contributed by atoms with Gasteiger partial charge in [0.05, 0.1) is 13.1 Å². The summed E-state index contributed by atoms with van der Waals surface area (Å²) in [6.07, 6.45) is 1.88. The van der Waals surface area contributed by atoms with E-state index in [1.165, 1.54) is 4.88 Å². The number of rotatable bonds is 5. The molecule has 0 fully saturated rings. The van der Waals surface area contributed by atoms with Crippen LogP contribution in [0.5, 0.6) is 0 Å². The second-order valence-corrected chi connectivity index (χ2v) is 7.65. The molecule has 8 heteroatoms. The molecule has 3 rings (SSSR count). The average Bonchev–Trinajstić information content (AvgIpc) is 3.25. The first-order chi connectivity index (χ1) is 12.1. The zero-order chi connectivity index (χ0) is 17.6. The molecule has 0 amide bonds. The topological polar surface area (TPSA) is 62.5 Å². The van der Waals surface area contributed by atoms with Gasteiger partial charge < -0.3 is 15.1 Å². The molecule has 2 heterocycles. The Kier molecular flexibility index (Phi) is 8.11. The highest BCUT2D eigenvalue weighted by Gasteiger charge is 2.06. The van der Waals surface area contributed by atoms with Crippen LogP contribution in [-0.4, -0.2) is 18.0 Å². The molecule has 138 valence electrons. The maximum Gasteiger partial charge on any atom is 0.191 e. The highest BCUT2D eigenvalue weighted by atomic mass is 127. The predicted molar refractivity (Wildman–Crippen MR) is 121 cm³/mol. The van der Waals surface area contributed by atoms with Crippen molar-refractivity contribution in [3.8, 4) is 11.3 Å². The minimum atomic E-state index is 0. The molecule has 0 spiro atoms. The largest absolute Gasteiger partial charge is 0.459 e. The zero-order valence-corrected chi connectivity index (χ0v) is 19.2. The summed E-state index contributed by atoms with van der Waals surface area (Å²) in [5.74, 6) is 2.42. The lowest BCUT2D eigenvalue weighted by Gasteiger charge is -2.09. The Hall–Kier alpha value is -1.39. The fraction of sp³-hybridized carbons (Fsp3) is 0.222. The number of aromatic nitrogens is 1. The van der Waals surface area contributed by atoms with Crippen LogP contribution < -0.4 is 10.6 Å². The van der Waals surface area contributed by atoms with E-state index in [1.807, 2.05) is 49.5 Å². The van der Waals surface area contributed by atoms with Gasteiger partial charge in [-0.25, -0.2) is 4.98 Å². The molecule has 3 aromatic rings. The number of aliphatic imine (C=N–C) groups is 1. The standard InChI is InChI=1S/C18H19BrN4OS.HI/c1-12-9-21-17(25-12)11-23-18(20-2)22-10-15-7-8-16(24-15)13-3-5-14(19)6-4-13;/h3-9H,10-11H2,1-2H3,(H2,20,22,23);1H. The number of thiazole rings is 1. The molecule has 0 saturated heterocycles. The van der Waals surface area contributed by atoms with Gasteiger partial charge in [-0.1, -0.05) is 28.1 Å². The number of nitrogens with one attached hydrogen (secondary N) is 2. The molecule has 0 aliphatic rings. The first kappa shape index (κ1) is 20.9. The zero-order valence-electron chi connectivity index (χ0n) is 14.5. The van der Waals surface area contributed by atoms with Crippen LogP contribution in [0.4, 0.5) is 0 Å². The number of halogens is 2. The van der Waals surface area contributed by atoms with Crippen LogP contribution in [-0.2, 0) is 13.1 Å². The number of hydrogen-bond acceptors (Lipinski definition) is 4. The Balaban J connectivity index is 0.00000243. The van der Waals surface area contributed by atoms with Crippen molar-refractivity contribution < 1.29 is 4.42 Å². The van der Waals surface area contributed by atoms with E-state index in [4.69, 9.17) is 4.42 Å². The summed E-state index contributed by atoms with van der Waals surface area (Å²) in [6.45, 7) is 3.27. The van der Waals surface area contributed by atoms with Crippen LogP contribution in [0.1, 0.15) is 15.6 Å². The van der Waals surface area contributed by atoms with Gasteiger partial charge in [-0.2, -0.15) is 0 Å². The van der Waals surface area contributed by atoms with E-state index in [1.54, 1.807) is 18.4 Å². The van der Waals surface area contributed by atoms with E-state index >= 15 is 0 Å². The lowest BCUT2D eigenvalue weighted by Crippen LogP contribution is -2.36. The van der Waals surface area contributed by atoms with E-state index in [9.17, 15) is 0 Å². The molecule has 0 aliphatic heterocycles. The number of hydrogen-bond donors (Lipinski definition) is 2. The summed E-state index contributed by atoms with van der Waals surface area (Å²) in [5, 5.41) is 7.54. The molecular formula is C18H20BrIN4OS. The van der Waals surface area contributed by atoms with E-state index in [0.29, 0.717) is 13.1 Å². The van der Waals surface area contributed by atoms with Crippen molar-refractivity contribution in [2.45, 2.75) is 20.0 Å². The van der Waals surface area contributed by atoms with Gasteiger partial charge >= 0.3 is 0 Å². The molecular weight excluding hydrogens is 527 g/mol. The third-order valence-corrected chi connectivity index (χ3v) is 4.96. The van der Waals surface area contributed by atoms with Gasteiger partial charge in [0.2, 0.25) is 0 Å². The van der Waals surface area contributed by atoms with Gasteiger partial charge in [0.25, 0.3) is 0 Å². The Morgan fingerprint density at radius 3 is 2.54 bits per heavy atom. The van der Waals surface area contributed by atoms with Crippen molar-refractivity contribution in [3.05, 3.63) is 62.7 Å². The smallest absolute Gasteiger partial charge is 0.191 e. The maximum atomic E-state index is 5.90. The Morgan fingerprint density at radius 2 is 1.88 bits per heavy atom. The van der Waals surface area contributed by atoms with Gasteiger partial charge in [0.1, 0.15) is 16.5 Å². The van der Waals surface area contributed by atoms with Crippen LogP contribution in [0.15, 0.2) is 56.5 Å². The Bertz CT molecular complexity index is 860. The number of nitrogens with zero attached hydrogens (tertiary/aromatic N) is 2. The number of furan rings is 1. The van der Waals surface area contributed by atoms with Crippen molar-refractivity contribution in [1.29, 1.82) is 0 Å². The van der Waals surface area contributed by atoms with Crippen LogP contribution in [0.3, 0.4) is 0 Å². The van der Waals surface area contributed by atoms with Crippen molar-refractivity contribution >= 4 is 57.2 Å². The molecule has 0 saturated carbocycles. The lowest BCUT2D eigenvalue weighted by molar-refractivity contribution is 0.513. The van der Waals surface area contributed by atoms with Crippen molar-refractivity contribution in [1.82, 2.24) is 15.6 Å². The number of guanidine groups is 1. The third-order valence-electron chi connectivity index (χ3n) is 3.52. The quantitative estimate of drug-likeness (QED) is 0.270. The fourth-order valence-corrected chi connectivity index (χ4v) is 3.27. The van der Waals surface area contributed by atoms with Gasteiger partial charge in [0.15, 0.2) is 5.96 Å². The summed E-state index contributed by atoms with van der Waals surface area (Å²) in [7, 11) is 1.75. The predicted octanol–water partition coefficient (Wildman–Crippen LogP) is 4.96. The summed E-state index contributed by atoms with van der Waals surface area (Å²) >= 11 is 5.12. The van der Waals surface area contributed by atoms with E-state index in [2.05, 4.69) is 36.5 Å². The summed E-state index contributed by atoms with van der Waals surface area (Å²) < 4.78 is 6.95. The van der Waals surface area contributed by atoms with Gasteiger partial charge in [-0.05, 0) is 31.2 Å². The molecule has 2 aromatic heterocycles. The van der Waals surface area contributed by atoms with Crippen molar-refractivity contribution in [2.24, 2.45) is 4.99 Å². The molecule has 1 aromatic carbocycles. The first-order valence-corrected chi connectivity index (χ1v) is 9.45. The van der Waals surface area contributed by atoms with Crippen LogP contribution in [0, 0.1) is 6.92 Å². The fourth-order valence-electron chi connectivity index (χ4n) is 2.28. The summed E-state index contributed by atoms with van der Waals surface area (Å²) in [4.78, 5) is 9.76. The number of benzene rings is 1. The summed E-state index contributed by atoms with van der Waals surface area (Å²) in [5.41, 5.74) is 1.05. The molecule has 0 aliphatic carbocycles. The summed E-state index contributed by atoms with van der Waals surface area (Å²) in [6, 6.07) is 12.0. The monoisotopic (exact) mass is 546 g/mol. The Labute approximate surface area is 182 Å². The van der Waals surface area contributed by atoms with E-state index in [-0.39, 0.29) is 24.0 Å². The highest BCUT2D eigenvalue weighted by molar-refractivity contribution is 14.0. The van der Waals surface area contributed by atoms with Crippen molar-refractivity contribution in [2.75, 3.05) is 7.05 Å². The van der Waals surface area contributed by atoms with Gasteiger partial charge in [-0.3, -0.25) is 4.99 Å². The third kappa shape index (κ3) is 5.82.